The molecule has 1 fully saturated rings. The minimum absolute atomic E-state index is 0.0370. The van der Waals surface area contributed by atoms with Crippen molar-refractivity contribution >= 4 is 16.0 Å². The maximum Gasteiger partial charge on any atom is 0.371 e. The highest BCUT2D eigenvalue weighted by molar-refractivity contribution is 7.89. The lowest BCUT2D eigenvalue weighted by Crippen LogP contribution is -2.33. The number of hydrogen-bond acceptors (Lipinski definition) is 4. The fourth-order valence-corrected chi connectivity index (χ4v) is 3.50. The molecule has 1 aliphatic rings. The number of hydrogen-bond donors (Lipinski definition) is 1. The molecule has 1 saturated carbocycles. The molecule has 0 spiro atoms. The number of aromatic carboxylic acids is 1. The van der Waals surface area contributed by atoms with Gasteiger partial charge in [-0.05, 0) is 31.4 Å². The van der Waals surface area contributed by atoms with E-state index in [-0.39, 0.29) is 16.9 Å². The van der Waals surface area contributed by atoms with Gasteiger partial charge in [0.1, 0.15) is 0 Å². The maximum absolute atomic E-state index is 12.4. The highest BCUT2D eigenvalue weighted by Crippen LogP contribution is 2.32. The van der Waals surface area contributed by atoms with Crippen LogP contribution in [-0.2, 0) is 10.0 Å². The third-order valence-corrected chi connectivity index (χ3v) is 4.87. The maximum atomic E-state index is 12.4. The van der Waals surface area contributed by atoms with E-state index >= 15 is 0 Å². The second-order valence-corrected chi connectivity index (χ2v) is 6.45. The molecule has 1 N–H and O–H groups in total. The average Bonchev–Trinajstić information content (AvgIpc) is 3.04. The first-order valence-electron chi connectivity index (χ1n) is 6.31. The summed E-state index contributed by atoms with van der Waals surface area (Å²) in [6.07, 6.45) is 3.39. The van der Waals surface area contributed by atoms with Crippen molar-refractivity contribution in [2.24, 2.45) is 0 Å². The number of carboxylic acid groups (broad SMARTS) is 1. The molecule has 1 aromatic heterocycles. The molecule has 7 heteroatoms. The Kier molecular flexibility index (Phi) is 3.96. The third-order valence-electron chi connectivity index (χ3n) is 3.04. The Morgan fingerprint density at radius 3 is 2.63 bits per heavy atom. The molecule has 0 amide bonds. The summed E-state index contributed by atoms with van der Waals surface area (Å²) in [7, 11) is -3.72. The van der Waals surface area contributed by atoms with Gasteiger partial charge in [-0.15, -0.1) is 0 Å². The second kappa shape index (κ2) is 5.34. The summed E-state index contributed by atoms with van der Waals surface area (Å²) >= 11 is 0. The number of nitrogens with zero attached hydrogens (tertiary/aromatic N) is 1. The number of rotatable bonds is 7. The topological polar surface area (TPSA) is 87.8 Å². The lowest BCUT2D eigenvalue weighted by Gasteiger charge is -2.19. The van der Waals surface area contributed by atoms with Gasteiger partial charge in [0, 0.05) is 12.6 Å². The van der Waals surface area contributed by atoms with Crippen LogP contribution in [0.5, 0.6) is 0 Å². The van der Waals surface area contributed by atoms with Gasteiger partial charge in [0.15, 0.2) is 0 Å². The van der Waals surface area contributed by atoms with Crippen LogP contribution in [0.1, 0.15) is 43.2 Å². The van der Waals surface area contributed by atoms with Gasteiger partial charge in [-0.25, -0.2) is 13.2 Å². The molecule has 0 saturated heterocycles. The first-order chi connectivity index (χ1) is 8.96. The van der Waals surface area contributed by atoms with Gasteiger partial charge in [0.2, 0.25) is 10.9 Å². The van der Waals surface area contributed by atoms with Crippen LogP contribution in [0.15, 0.2) is 21.6 Å². The van der Waals surface area contributed by atoms with Crippen molar-refractivity contribution in [2.45, 2.75) is 43.7 Å². The smallest absolute Gasteiger partial charge is 0.371 e. The highest BCUT2D eigenvalue weighted by Gasteiger charge is 2.39. The molecule has 0 aliphatic heterocycles. The van der Waals surface area contributed by atoms with Crippen LogP contribution in [0.3, 0.4) is 0 Å². The summed E-state index contributed by atoms with van der Waals surface area (Å²) in [6.45, 7) is 2.44. The largest absolute Gasteiger partial charge is 0.475 e. The summed E-state index contributed by atoms with van der Waals surface area (Å²) in [6, 6.07) is 2.41. The zero-order chi connectivity index (χ0) is 14.0. The van der Waals surface area contributed by atoms with Crippen LogP contribution in [0.25, 0.3) is 0 Å². The Morgan fingerprint density at radius 2 is 2.16 bits per heavy atom. The minimum atomic E-state index is -3.72. The Hall–Kier alpha value is -1.34. The molecular weight excluding hydrogens is 270 g/mol. The molecule has 19 heavy (non-hydrogen) atoms. The summed E-state index contributed by atoms with van der Waals surface area (Å²) < 4.78 is 31.1. The van der Waals surface area contributed by atoms with Crippen LogP contribution >= 0.6 is 0 Å². The monoisotopic (exact) mass is 287 g/mol. The quantitative estimate of drug-likeness (QED) is 0.828. The van der Waals surface area contributed by atoms with Crippen molar-refractivity contribution in [3.63, 3.8) is 0 Å². The fourth-order valence-electron chi connectivity index (χ4n) is 1.86. The SMILES string of the molecule is CCCCN(C1CC1)S(=O)(=O)c1ccc(C(=O)O)o1. The molecule has 0 atom stereocenters. The van der Waals surface area contributed by atoms with Crippen molar-refractivity contribution in [3.05, 3.63) is 17.9 Å². The number of furan rings is 1. The zero-order valence-electron chi connectivity index (χ0n) is 10.7. The van der Waals surface area contributed by atoms with Gasteiger partial charge < -0.3 is 9.52 Å². The van der Waals surface area contributed by atoms with E-state index in [4.69, 9.17) is 9.52 Å². The highest BCUT2D eigenvalue weighted by atomic mass is 32.2. The second-order valence-electron chi connectivity index (χ2n) is 4.62. The molecule has 2 rings (SSSR count). The number of unbranched alkanes of at least 4 members (excludes halogenated alkanes) is 1. The molecule has 0 aromatic carbocycles. The summed E-state index contributed by atoms with van der Waals surface area (Å²) in [5.74, 6) is -1.63. The average molecular weight is 287 g/mol. The van der Waals surface area contributed by atoms with E-state index in [1.54, 1.807) is 0 Å². The van der Waals surface area contributed by atoms with Crippen molar-refractivity contribution in [2.75, 3.05) is 6.54 Å². The molecular formula is C12H17NO5S. The first-order valence-corrected chi connectivity index (χ1v) is 7.75. The molecule has 0 bridgehead atoms. The van der Waals surface area contributed by atoms with E-state index in [1.807, 2.05) is 6.92 Å². The van der Waals surface area contributed by atoms with E-state index in [9.17, 15) is 13.2 Å². The number of carboxylic acids is 1. The van der Waals surface area contributed by atoms with E-state index in [2.05, 4.69) is 0 Å². The van der Waals surface area contributed by atoms with Crippen molar-refractivity contribution in [1.82, 2.24) is 4.31 Å². The number of sulfonamides is 1. The van der Waals surface area contributed by atoms with E-state index < -0.39 is 16.0 Å². The Morgan fingerprint density at radius 1 is 1.47 bits per heavy atom. The summed E-state index contributed by atoms with van der Waals surface area (Å²) in [4.78, 5) is 10.7. The Balaban J connectivity index is 2.25. The molecule has 106 valence electrons. The van der Waals surface area contributed by atoms with Gasteiger partial charge in [0.05, 0.1) is 0 Å². The molecule has 0 unspecified atom stereocenters. The van der Waals surface area contributed by atoms with Gasteiger partial charge in [0.25, 0.3) is 10.0 Å². The lowest BCUT2D eigenvalue weighted by molar-refractivity contribution is 0.0656. The normalized spacial score (nSPS) is 15.9. The van der Waals surface area contributed by atoms with Gasteiger partial charge in [-0.2, -0.15) is 4.31 Å². The van der Waals surface area contributed by atoms with Crippen molar-refractivity contribution < 1.29 is 22.7 Å². The predicted molar refractivity (Wildman–Crippen MR) is 67.5 cm³/mol. The molecule has 1 heterocycles. The van der Waals surface area contributed by atoms with Crippen LogP contribution in [0.2, 0.25) is 0 Å². The Bertz CT molecular complexity index is 558. The van der Waals surface area contributed by atoms with E-state index in [0.717, 1.165) is 25.7 Å². The first kappa shape index (κ1) is 14.1. The summed E-state index contributed by atoms with van der Waals surface area (Å²) in [5.41, 5.74) is 0. The summed E-state index contributed by atoms with van der Waals surface area (Å²) in [5, 5.41) is 8.48. The van der Waals surface area contributed by atoms with Gasteiger partial charge >= 0.3 is 5.97 Å². The lowest BCUT2D eigenvalue weighted by atomic mass is 10.3. The van der Waals surface area contributed by atoms with Gasteiger partial charge in [-0.3, -0.25) is 0 Å². The van der Waals surface area contributed by atoms with E-state index in [0.29, 0.717) is 6.54 Å². The van der Waals surface area contributed by atoms with Gasteiger partial charge in [-0.1, -0.05) is 13.3 Å². The zero-order valence-corrected chi connectivity index (χ0v) is 11.5. The molecule has 6 nitrogen and oxygen atoms in total. The molecule has 1 aromatic rings. The standard InChI is InChI=1S/C12H17NO5S/c1-2-3-8-13(9-4-5-9)19(16,17)11-7-6-10(18-11)12(14)15/h6-7,9H,2-5,8H2,1H3,(H,14,15). The van der Waals surface area contributed by atoms with Crippen molar-refractivity contribution in [1.29, 1.82) is 0 Å². The Labute approximate surface area is 112 Å². The predicted octanol–water partition coefficient (Wildman–Crippen LogP) is 1.93. The molecule has 0 radical (unpaired) electrons. The fraction of sp³-hybridized carbons (Fsp3) is 0.583. The third kappa shape index (κ3) is 2.98. The van der Waals surface area contributed by atoms with Crippen LogP contribution in [-0.4, -0.2) is 36.4 Å². The van der Waals surface area contributed by atoms with Crippen molar-refractivity contribution in [3.8, 4) is 0 Å². The van der Waals surface area contributed by atoms with Crippen LogP contribution in [0.4, 0.5) is 0 Å². The van der Waals surface area contributed by atoms with Crippen LogP contribution in [0, 0.1) is 0 Å². The minimum Gasteiger partial charge on any atom is -0.475 e. The van der Waals surface area contributed by atoms with Crippen LogP contribution < -0.4 is 0 Å². The number of carbonyl (C=O) groups is 1. The molecule has 1 aliphatic carbocycles. The van der Waals surface area contributed by atoms with E-state index in [1.165, 1.54) is 16.4 Å².